The van der Waals surface area contributed by atoms with Crippen LogP contribution in [0.5, 0.6) is 0 Å². The van der Waals surface area contributed by atoms with Crippen LogP contribution in [-0.4, -0.2) is 85.1 Å². The van der Waals surface area contributed by atoms with Crippen LogP contribution in [0.2, 0.25) is 0 Å². The van der Waals surface area contributed by atoms with Crippen molar-refractivity contribution in [1.82, 2.24) is 14.4 Å². The summed E-state index contributed by atoms with van der Waals surface area (Å²) >= 11 is 0. The van der Waals surface area contributed by atoms with Crippen LogP contribution in [0.25, 0.3) is 0 Å². The first-order valence-electron chi connectivity index (χ1n) is 11.8. The van der Waals surface area contributed by atoms with E-state index in [4.69, 9.17) is 9.47 Å². The molecule has 1 fully saturated rings. The molecule has 2 aromatic rings. The first-order chi connectivity index (χ1) is 16.3. The molecule has 1 aromatic carbocycles. The van der Waals surface area contributed by atoms with Crippen LogP contribution < -0.4 is 0 Å². The van der Waals surface area contributed by atoms with E-state index in [1.165, 1.54) is 7.11 Å². The van der Waals surface area contributed by atoms with Gasteiger partial charge in [0.2, 0.25) is 0 Å². The minimum atomic E-state index is -0.471. The number of morpholine rings is 1. The minimum Gasteiger partial charge on any atom is -0.464 e. The van der Waals surface area contributed by atoms with Crippen LogP contribution in [0.1, 0.15) is 54.9 Å². The highest BCUT2D eigenvalue weighted by Crippen LogP contribution is 2.24. The Morgan fingerprint density at radius 3 is 2.38 bits per heavy atom. The SMILES string of the molecule is CCn1c(C)c(C(=O)CN(CCN2CCOCC2)C(=O)c2ccccc2C)c(C)c1C(=O)OC. The molecule has 0 unspecified atom stereocenters. The summed E-state index contributed by atoms with van der Waals surface area (Å²) in [6.45, 7) is 11.9. The number of hydrogen-bond acceptors (Lipinski definition) is 6. The smallest absolute Gasteiger partial charge is 0.354 e. The lowest BCUT2D eigenvalue weighted by molar-refractivity contribution is 0.0323. The van der Waals surface area contributed by atoms with Crippen molar-refractivity contribution in [2.24, 2.45) is 0 Å². The van der Waals surface area contributed by atoms with Crippen LogP contribution in [0.4, 0.5) is 0 Å². The number of esters is 1. The molecule has 8 nitrogen and oxygen atoms in total. The highest BCUT2D eigenvalue weighted by atomic mass is 16.5. The molecule has 1 aromatic heterocycles. The number of ketones is 1. The number of nitrogens with zero attached hydrogens (tertiary/aromatic N) is 3. The topological polar surface area (TPSA) is 81.1 Å². The Kier molecular flexibility index (Phi) is 8.63. The molecule has 3 rings (SSSR count). The van der Waals surface area contributed by atoms with Gasteiger partial charge >= 0.3 is 5.97 Å². The minimum absolute atomic E-state index is 0.0620. The van der Waals surface area contributed by atoms with Crippen molar-refractivity contribution >= 4 is 17.7 Å². The van der Waals surface area contributed by atoms with Gasteiger partial charge in [-0.05, 0) is 44.9 Å². The Hall–Kier alpha value is -2.97. The number of methoxy groups -OCH3 is 1. The lowest BCUT2D eigenvalue weighted by Crippen LogP contribution is -2.44. The number of benzene rings is 1. The molecule has 0 saturated carbocycles. The molecular weight excluding hydrogens is 434 g/mol. The fourth-order valence-electron chi connectivity index (χ4n) is 4.64. The van der Waals surface area contributed by atoms with E-state index in [1.807, 2.05) is 39.0 Å². The van der Waals surface area contributed by atoms with Crippen molar-refractivity contribution in [2.75, 3.05) is 53.0 Å². The van der Waals surface area contributed by atoms with Crippen molar-refractivity contribution in [3.63, 3.8) is 0 Å². The van der Waals surface area contributed by atoms with Gasteiger partial charge in [0, 0.05) is 49.5 Å². The number of carbonyl (C=O) groups is 3. The van der Waals surface area contributed by atoms with E-state index < -0.39 is 5.97 Å². The summed E-state index contributed by atoms with van der Waals surface area (Å²) in [6.07, 6.45) is 0. The number of aryl methyl sites for hydroxylation is 1. The quantitative estimate of drug-likeness (QED) is 0.415. The maximum absolute atomic E-state index is 13.6. The van der Waals surface area contributed by atoms with E-state index in [2.05, 4.69) is 4.90 Å². The Morgan fingerprint density at radius 2 is 1.76 bits per heavy atom. The molecule has 8 heteroatoms. The number of rotatable bonds is 9. The van der Waals surface area contributed by atoms with Gasteiger partial charge in [-0.15, -0.1) is 0 Å². The zero-order valence-electron chi connectivity index (χ0n) is 20.8. The second-order valence-electron chi connectivity index (χ2n) is 8.59. The highest BCUT2D eigenvalue weighted by molar-refractivity contribution is 6.06. The largest absolute Gasteiger partial charge is 0.464 e. The fraction of sp³-hybridized carbons (Fsp3) is 0.500. The maximum atomic E-state index is 13.6. The average molecular weight is 470 g/mol. The van der Waals surface area contributed by atoms with E-state index in [-0.39, 0.29) is 18.2 Å². The molecule has 1 aliphatic heterocycles. The summed E-state index contributed by atoms with van der Waals surface area (Å²) in [5.41, 5.74) is 3.63. The fourth-order valence-corrected chi connectivity index (χ4v) is 4.64. The first kappa shape index (κ1) is 25.6. The molecule has 0 radical (unpaired) electrons. The first-order valence-corrected chi connectivity index (χ1v) is 11.8. The van der Waals surface area contributed by atoms with E-state index in [9.17, 15) is 14.4 Å². The van der Waals surface area contributed by atoms with Crippen LogP contribution >= 0.6 is 0 Å². The summed E-state index contributed by atoms with van der Waals surface area (Å²) in [5.74, 6) is -0.823. The summed E-state index contributed by atoms with van der Waals surface area (Å²) in [7, 11) is 1.33. The van der Waals surface area contributed by atoms with Gasteiger partial charge in [-0.25, -0.2) is 4.79 Å². The van der Waals surface area contributed by atoms with Crippen LogP contribution in [0, 0.1) is 20.8 Å². The molecule has 0 aliphatic carbocycles. The van der Waals surface area contributed by atoms with Gasteiger partial charge in [-0.2, -0.15) is 0 Å². The van der Waals surface area contributed by atoms with Crippen LogP contribution in [0.3, 0.4) is 0 Å². The Labute approximate surface area is 201 Å². The lowest BCUT2D eigenvalue weighted by Gasteiger charge is -2.30. The van der Waals surface area contributed by atoms with E-state index >= 15 is 0 Å². The Morgan fingerprint density at radius 1 is 1.09 bits per heavy atom. The Balaban J connectivity index is 1.90. The van der Waals surface area contributed by atoms with Crippen LogP contribution in [-0.2, 0) is 16.0 Å². The van der Waals surface area contributed by atoms with Gasteiger partial charge in [-0.1, -0.05) is 18.2 Å². The predicted octanol–water partition coefficient (Wildman–Crippen LogP) is 2.88. The molecule has 0 atom stereocenters. The lowest BCUT2D eigenvalue weighted by atomic mass is 10.0. The number of carbonyl (C=O) groups excluding carboxylic acids is 3. The van der Waals surface area contributed by atoms with Gasteiger partial charge < -0.3 is 18.9 Å². The molecule has 1 saturated heterocycles. The maximum Gasteiger partial charge on any atom is 0.354 e. The van der Waals surface area contributed by atoms with E-state index in [1.54, 1.807) is 22.5 Å². The summed E-state index contributed by atoms with van der Waals surface area (Å²) in [6, 6.07) is 7.42. The van der Waals surface area contributed by atoms with Gasteiger partial charge in [0.1, 0.15) is 5.69 Å². The van der Waals surface area contributed by atoms with Gasteiger partial charge in [-0.3, -0.25) is 14.5 Å². The second kappa shape index (κ2) is 11.4. The third kappa shape index (κ3) is 5.39. The van der Waals surface area contributed by atoms with Crippen molar-refractivity contribution < 1.29 is 23.9 Å². The molecule has 2 heterocycles. The van der Waals surface area contributed by atoms with E-state index in [0.717, 1.165) is 18.7 Å². The van der Waals surface area contributed by atoms with Gasteiger partial charge in [0.15, 0.2) is 5.78 Å². The molecule has 34 heavy (non-hydrogen) atoms. The van der Waals surface area contributed by atoms with Crippen molar-refractivity contribution in [3.05, 3.63) is 57.9 Å². The number of aromatic nitrogens is 1. The molecular formula is C26H35N3O5. The van der Waals surface area contributed by atoms with Crippen molar-refractivity contribution in [3.8, 4) is 0 Å². The number of hydrogen-bond donors (Lipinski definition) is 0. The third-order valence-corrected chi connectivity index (χ3v) is 6.53. The molecule has 0 N–H and O–H groups in total. The predicted molar refractivity (Wildman–Crippen MR) is 130 cm³/mol. The summed E-state index contributed by atoms with van der Waals surface area (Å²) in [5, 5.41) is 0. The van der Waals surface area contributed by atoms with Crippen LogP contribution in [0.15, 0.2) is 24.3 Å². The monoisotopic (exact) mass is 469 g/mol. The zero-order chi connectivity index (χ0) is 24.8. The number of Topliss-reactive ketones (excluding diaryl/α,β-unsaturated/α-hetero) is 1. The number of ether oxygens (including phenoxy) is 2. The van der Waals surface area contributed by atoms with Gasteiger partial charge in [0.25, 0.3) is 5.91 Å². The Bertz CT molecular complexity index is 1050. The standard InChI is InChI=1S/C26H35N3O5/c1-6-29-20(4)23(19(3)24(29)26(32)33-5)22(30)17-28(12-11-27-13-15-34-16-14-27)25(31)21-10-8-7-9-18(21)2/h7-10H,6,11-17H2,1-5H3. The summed E-state index contributed by atoms with van der Waals surface area (Å²) in [4.78, 5) is 43.3. The molecule has 1 amide bonds. The molecule has 1 aliphatic rings. The second-order valence-corrected chi connectivity index (χ2v) is 8.59. The molecule has 184 valence electrons. The normalized spacial score (nSPS) is 14.1. The molecule has 0 spiro atoms. The van der Waals surface area contributed by atoms with Gasteiger partial charge in [0.05, 0.1) is 26.9 Å². The average Bonchev–Trinajstić information content (AvgIpc) is 3.10. The molecule has 0 bridgehead atoms. The summed E-state index contributed by atoms with van der Waals surface area (Å²) < 4.78 is 12.2. The third-order valence-electron chi connectivity index (χ3n) is 6.53. The van der Waals surface area contributed by atoms with Crippen molar-refractivity contribution in [2.45, 2.75) is 34.2 Å². The van der Waals surface area contributed by atoms with Crippen molar-refractivity contribution in [1.29, 1.82) is 0 Å². The number of amides is 1. The zero-order valence-corrected chi connectivity index (χ0v) is 20.8. The van der Waals surface area contributed by atoms with E-state index in [0.29, 0.717) is 60.9 Å². The highest BCUT2D eigenvalue weighted by Gasteiger charge is 2.29.